The molecule has 168 valence electrons. The molecule has 1 saturated carbocycles. The van der Waals surface area contributed by atoms with Crippen LogP contribution in [0.1, 0.15) is 54.4 Å². The zero-order valence-electron chi connectivity index (χ0n) is 18.7. The van der Waals surface area contributed by atoms with Crippen molar-refractivity contribution in [3.63, 3.8) is 0 Å². The second-order valence-electron chi connectivity index (χ2n) is 8.88. The van der Waals surface area contributed by atoms with Crippen LogP contribution in [0.15, 0.2) is 47.3 Å². The lowest BCUT2D eigenvalue weighted by atomic mass is 9.96. The fraction of sp³-hybridized carbons (Fsp3) is 0.385. The normalized spacial score (nSPS) is 14.5. The molecule has 0 saturated heterocycles. The van der Waals surface area contributed by atoms with Crippen molar-refractivity contribution in [2.24, 2.45) is 0 Å². The van der Waals surface area contributed by atoms with E-state index in [2.05, 4.69) is 23.3 Å². The maximum Gasteiger partial charge on any atom is 0.253 e. The van der Waals surface area contributed by atoms with E-state index >= 15 is 0 Å². The second kappa shape index (κ2) is 9.82. The third kappa shape index (κ3) is 5.18. The summed E-state index contributed by atoms with van der Waals surface area (Å²) in [4.78, 5) is 18.0. The fourth-order valence-electron chi connectivity index (χ4n) is 4.46. The zero-order chi connectivity index (χ0) is 22.7. The summed E-state index contributed by atoms with van der Waals surface area (Å²) in [6.45, 7) is 4.94. The van der Waals surface area contributed by atoms with E-state index in [0.29, 0.717) is 29.8 Å². The van der Waals surface area contributed by atoms with E-state index in [1.165, 1.54) is 31.4 Å². The van der Waals surface area contributed by atoms with E-state index in [4.69, 9.17) is 12.2 Å². The highest BCUT2D eigenvalue weighted by Crippen LogP contribution is 2.21. The molecule has 0 atom stereocenters. The molecule has 0 aliphatic heterocycles. The maximum atomic E-state index is 13.4. The van der Waals surface area contributed by atoms with Crippen LogP contribution in [0.5, 0.6) is 0 Å². The third-order valence-corrected chi connectivity index (χ3v) is 6.76. The number of fused-ring (bicyclic) bond motifs is 1. The number of rotatable bonds is 5. The Labute approximate surface area is 193 Å². The number of benzene rings is 2. The van der Waals surface area contributed by atoms with E-state index in [-0.39, 0.29) is 11.4 Å². The number of aromatic amines is 1. The van der Waals surface area contributed by atoms with Gasteiger partial charge in [0.25, 0.3) is 5.56 Å². The highest BCUT2D eigenvalue weighted by Gasteiger charge is 2.19. The average Bonchev–Trinajstić information content (AvgIpc) is 2.79. The summed E-state index contributed by atoms with van der Waals surface area (Å²) in [5.74, 6) is -0.264. The Morgan fingerprint density at radius 1 is 1.06 bits per heavy atom. The molecular formula is C26H30FN3OS. The summed E-state index contributed by atoms with van der Waals surface area (Å²) < 4.78 is 13.4. The van der Waals surface area contributed by atoms with Crippen molar-refractivity contribution in [1.82, 2.24) is 15.2 Å². The van der Waals surface area contributed by atoms with E-state index in [0.717, 1.165) is 40.4 Å². The van der Waals surface area contributed by atoms with Gasteiger partial charge in [-0.25, -0.2) is 4.39 Å². The maximum absolute atomic E-state index is 13.4. The SMILES string of the molecule is Cc1ccc(C)c2[nH]c(=O)c(CN(Cc3ccc(F)cc3)C(=S)NC3CCCCC3)cc12. The minimum atomic E-state index is -0.264. The predicted molar refractivity (Wildman–Crippen MR) is 132 cm³/mol. The number of halogens is 1. The number of nitrogens with zero attached hydrogens (tertiary/aromatic N) is 1. The molecule has 4 nitrogen and oxygen atoms in total. The van der Waals surface area contributed by atoms with Crippen LogP contribution in [-0.2, 0) is 13.1 Å². The molecule has 3 aromatic rings. The Morgan fingerprint density at radius 3 is 2.47 bits per heavy atom. The van der Waals surface area contributed by atoms with Crippen LogP contribution in [0, 0.1) is 19.7 Å². The van der Waals surface area contributed by atoms with Crippen molar-refractivity contribution in [1.29, 1.82) is 0 Å². The molecule has 1 aliphatic rings. The molecule has 6 heteroatoms. The highest BCUT2D eigenvalue weighted by molar-refractivity contribution is 7.80. The molecule has 0 amide bonds. The topological polar surface area (TPSA) is 48.1 Å². The second-order valence-corrected chi connectivity index (χ2v) is 9.27. The molecule has 2 N–H and O–H groups in total. The zero-order valence-corrected chi connectivity index (χ0v) is 19.5. The summed E-state index contributed by atoms with van der Waals surface area (Å²) in [5.41, 5.74) is 4.56. The average molecular weight is 452 g/mol. The predicted octanol–water partition coefficient (Wildman–Crippen LogP) is 5.49. The standard InChI is InChI=1S/C26H30FN3OS/c1-17-8-9-18(2)24-23(17)14-20(25(31)29-24)16-30(15-19-10-12-21(27)13-11-19)26(32)28-22-6-4-3-5-7-22/h8-14,22H,3-7,15-16H2,1-2H3,(H,28,32)(H,29,31). The van der Waals surface area contributed by atoms with Crippen LogP contribution in [-0.4, -0.2) is 21.0 Å². The number of aryl methyl sites for hydroxylation is 2. The van der Waals surface area contributed by atoms with Gasteiger partial charge in [0.05, 0.1) is 12.1 Å². The molecule has 0 radical (unpaired) electrons. The minimum absolute atomic E-state index is 0.101. The monoisotopic (exact) mass is 451 g/mol. The quantitative estimate of drug-likeness (QED) is 0.504. The van der Waals surface area contributed by atoms with Gasteiger partial charge in [-0.2, -0.15) is 0 Å². The number of H-pyrrole nitrogens is 1. The first kappa shape index (κ1) is 22.5. The molecule has 2 aromatic carbocycles. The first-order valence-electron chi connectivity index (χ1n) is 11.3. The fourth-order valence-corrected chi connectivity index (χ4v) is 4.76. The number of thiocarbonyl (C=S) groups is 1. The van der Waals surface area contributed by atoms with Crippen LogP contribution < -0.4 is 10.9 Å². The molecule has 0 spiro atoms. The largest absolute Gasteiger partial charge is 0.360 e. The van der Waals surface area contributed by atoms with Crippen molar-refractivity contribution in [3.8, 4) is 0 Å². The molecule has 0 bridgehead atoms. The number of hydrogen-bond donors (Lipinski definition) is 2. The van der Waals surface area contributed by atoms with Crippen molar-refractivity contribution in [2.45, 2.75) is 65.1 Å². The van der Waals surface area contributed by atoms with Crippen molar-refractivity contribution >= 4 is 28.2 Å². The third-order valence-electron chi connectivity index (χ3n) is 6.39. The van der Waals surface area contributed by atoms with E-state index in [1.807, 2.05) is 24.0 Å². The molecule has 1 fully saturated rings. The van der Waals surface area contributed by atoms with Crippen LogP contribution in [0.25, 0.3) is 10.9 Å². The Hall–Kier alpha value is -2.73. The van der Waals surface area contributed by atoms with Crippen LogP contribution in [0.2, 0.25) is 0 Å². The van der Waals surface area contributed by atoms with Gasteiger partial charge in [0.1, 0.15) is 5.82 Å². The summed E-state index contributed by atoms with van der Waals surface area (Å²) >= 11 is 5.79. The lowest BCUT2D eigenvalue weighted by molar-refractivity contribution is 0.362. The van der Waals surface area contributed by atoms with Crippen molar-refractivity contribution in [2.75, 3.05) is 0 Å². The lowest BCUT2D eigenvalue weighted by Crippen LogP contribution is -2.45. The minimum Gasteiger partial charge on any atom is -0.360 e. The molecule has 4 rings (SSSR count). The highest BCUT2D eigenvalue weighted by atomic mass is 32.1. The summed E-state index contributed by atoms with van der Waals surface area (Å²) in [6.07, 6.45) is 5.91. The van der Waals surface area contributed by atoms with Gasteiger partial charge in [-0.1, -0.05) is 43.5 Å². The molecular weight excluding hydrogens is 421 g/mol. The van der Waals surface area contributed by atoms with Gasteiger partial charge in [0.15, 0.2) is 5.11 Å². The summed E-state index contributed by atoms with van der Waals surface area (Å²) in [7, 11) is 0. The first-order chi connectivity index (χ1) is 15.4. The molecule has 0 unspecified atom stereocenters. The van der Waals surface area contributed by atoms with Gasteiger partial charge >= 0.3 is 0 Å². The molecule has 32 heavy (non-hydrogen) atoms. The van der Waals surface area contributed by atoms with E-state index in [9.17, 15) is 9.18 Å². The van der Waals surface area contributed by atoms with Gasteiger partial charge in [0.2, 0.25) is 0 Å². The van der Waals surface area contributed by atoms with Crippen LogP contribution >= 0.6 is 12.2 Å². The smallest absolute Gasteiger partial charge is 0.253 e. The Balaban J connectivity index is 1.63. The van der Waals surface area contributed by atoms with Gasteiger partial charge in [0, 0.05) is 23.5 Å². The molecule has 1 heterocycles. The first-order valence-corrected chi connectivity index (χ1v) is 11.7. The number of nitrogens with one attached hydrogen (secondary N) is 2. The molecule has 1 aromatic heterocycles. The number of pyridine rings is 1. The van der Waals surface area contributed by atoms with E-state index < -0.39 is 0 Å². The Kier molecular flexibility index (Phi) is 6.89. The van der Waals surface area contributed by atoms with Gasteiger partial charge in [-0.3, -0.25) is 4.79 Å². The van der Waals surface area contributed by atoms with E-state index in [1.54, 1.807) is 12.1 Å². The van der Waals surface area contributed by atoms with Crippen molar-refractivity contribution in [3.05, 3.63) is 80.9 Å². The summed E-state index contributed by atoms with van der Waals surface area (Å²) in [5, 5.41) is 5.21. The number of aromatic nitrogens is 1. The van der Waals surface area contributed by atoms with Gasteiger partial charge in [-0.05, 0) is 73.8 Å². The lowest BCUT2D eigenvalue weighted by Gasteiger charge is -2.31. The van der Waals surface area contributed by atoms with Gasteiger partial charge in [-0.15, -0.1) is 0 Å². The van der Waals surface area contributed by atoms with Gasteiger partial charge < -0.3 is 15.2 Å². The van der Waals surface area contributed by atoms with Crippen molar-refractivity contribution < 1.29 is 4.39 Å². The Bertz CT molecular complexity index is 1170. The molecule has 1 aliphatic carbocycles. The van der Waals surface area contributed by atoms with Crippen LogP contribution in [0.4, 0.5) is 4.39 Å². The summed E-state index contributed by atoms with van der Waals surface area (Å²) in [6, 6.07) is 12.9. The Morgan fingerprint density at radius 2 is 1.75 bits per heavy atom. The van der Waals surface area contributed by atoms with Crippen LogP contribution in [0.3, 0.4) is 0 Å². The number of hydrogen-bond acceptors (Lipinski definition) is 2.